The number of hydrogen-bond donors (Lipinski definition) is 0. The van der Waals surface area contributed by atoms with E-state index in [-0.39, 0.29) is 17.7 Å². The van der Waals surface area contributed by atoms with Gasteiger partial charge in [-0.25, -0.2) is 0 Å². The van der Waals surface area contributed by atoms with Crippen molar-refractivity contribution in [1.29, 1.82) is 0 Å². The molecule has 3 saturated heterocycles. The van der Waals surface area contributed by atoms with Crippen LogP contribution >= 0.6 is 0 Å². The molecule has 3 aliphatic heterocycles. The fourth-order valence-electron chi connectivity index (χ4n) is 5.07. The molecule has 0 unspecified atom stereocenters. The molecule has 0 N–H and O–H groups in total. The van der Waals surface area contributed by atoms with E-state index >= 15 is 0 Å². The largest absolute Gasteiger partial charge is 0.347 e. The van der Waals surface area contributed by atoms with Crippen LogP contribution in [-0.4, -0.2) is 66.8 Å². The van der Waals surface area contributed by atoms with E-state index in [0.29, 0.717) is 19.1 Å². The summed E-state index contributed by atoms with van der Waals surface area (Å²) in [6.07, 6.45) is 8.93. The van der Waals surface area contributed by atoms with Gasteiger partial charge in [-0.3, -0.25) is 9.59 Å². The quantitative estimate of drug-likeness (QED) is 0.753. The number of carbonyl (C=O) groups excluding carboxylic acids is 2. The van der Waals surface area contributed by atoms with Gasteiger partial charge < -0.3 is 19.3 Å². The molecule has 26 heavy (non-hydrogen) atoms. The Hall–Kier alpha value is -1.14. The summed E-state index contributed by atoms with van der Waals surface area (Å²) in [4.78, 5) is 29.6. The molecule has 0 bridgehead atoms. The van der Waals surface area contributed by atoms with Crippen molar-refractivity contribution in [3.8, 4) is 0 Å². The maximum atomic E-state index is 12.9. The zero-order chi connectivity index (χ0) is 18.0. The molecule has 4 aliphatic rings. The van der Waals surface area contributed by atoms with Gasteiger partial charge in [0.1, 0.15) is 0 Å². The fraction of sp³-hybridized carbons (Fsp3) is 0.900. The maximum absolute atomic E-state index is 12.9. The molecule has 2 amide bonds. The minimum Gasteiger partial charge on any atom is -0.347 e. The molecule has 1 aliphatic carbocycles. The number of amides is 2. The molecule has 4 fully saturated rings. The molecule has 3 heterocycles. The van der Waals surface area contributed by atoms with Crippen molar-refractivity contribution in [3.05, 3.63) is 0 Å². The monoisotopic (exact) mass is 364 g/mol. The lowest BCUT2D eigenvalue weighted by Gasteiger charge is -2.40. The van der Waals surface area contributed by atoms with E-state index < -0.39 is 5.79 Å². The lowest BCUT2D eigenvalue weighted by Crippen LogP contribution is -2.51. The van der Waals surface area contributed by atoms with E-state index in [9.17, 15) is 9.59 Å². The lowest BCUT2D eigenvalue weighted by molar-refractivity contribution is -0.188. The van der Waals surface area contributed by atoms with Gasteiger partial charge in [0.15, 0.2) is 5.79 Å². The summed E-state index contributed by atoms with van der Waals surface area (Å²) in [5.41, 5.74) is 0. The minimum atomic E-state index is -0.424. The molecule has 0 aromatic heterocycles. The first-order valence-electron chi connectivity index (χ1n) is 10.5. The fourth-order valence-corrected chi connectivity index (χ4v) is 5.07. The summed E-state index contributed by atoms with van der Waals surface area (Å²) in [7, 11) is 0. The highest BCUT2D eigenvalue weighted by Crippen LogP contribution is 2.33. The molecular formula is C20H32N2O4. The van der Waals surface area contributed by atoms with Gasteiger partial charge in [-0.15, -0.1) is 0 Å². The topological polar surface area (TPSA) is 59.1 Å². The Labute approximate surface area is 156 Å². The van der Waals surface area contributed by atoms with Crippen molar-refractivity contribution in [3.63, 3.8) is 0 Å². The average Bonchev–Trinajstić information content (AvgIpc) is 3.16. The SMILES string of the molecule is O=C(C1CCCCC1)N1CCC(C(=O)N2CCC3(CC2)OCCO3)CC1. The van der Waals surface area contributed by atoms with Crippen LogP contribution in [0.5, 0.6) is 0 Å². The van der Waals surface area contributed by atoms with E-state index in [1.54, 1.807) is 0 Å². The smallest absolute Gasteiger partial charge is 0.225 e. The van der Waals surface area contributed by atoms with Gasteiger partial charge in [-0.1, -0.05) is 19.3 Å². The van der Waals surface area contributed by atoms with Crippen LogP contribution < -0.4 is 0 Å². The lowest BCUT2D eigenvalue weighted by atomic mass is 9.87. The van der Waals surface area contributed by atoms with Crippen LogP contribution in [0.1, 0.15) is 57.8 Å². The number of hydrogen-bond acceptors (Lipinski definition) is 4. The van der Waals surface area contributed by atoms with Gasteiger partial charge in [0.2, 0.25) is 11.8 Å². The Morgan fingerprint density at radius 1 is 0.692 bits per heavy atom. The summed E-state index contributed by atoms with van der Waals surface area (Å²) in [5.74, 6) is 0.492. The zero-order valence-corrected chi connectivity index (χ0v) is 15.8. The maximum Gasteiger partial charge on any atom is 0.225 e. The highest BCUT2D eigenvalue weighted by molar-refractivity contribution is 5.81. The first kappa shape index (κ1) is 18.2. The van der Waals surface area contributed by atoms with Gasteiger partial charge in [0.05, 0.1) is 13.2 Å². The first-order chi connectivity index (χ1) is 12.7. The van der Waals surface area contributed by atoms with Crippen LogP contribution in [0.3, 0.4) is 0 Å². The highest BCUT2D eigenvalue weighted by atomic mass is 16.7. The molecule has 0 radical (unpaired) electrons. The number of piperidine rings is 2. The van der Waals surface area contributed by atoms with Gasteiger partial charge >= 0.3 is 0 Å². The van der Waals surface area contributed by atoms with Crippen LogP contribution in [0.2, 0.25) is 0 Å². The van der Waals surface area contributed by atoms with Crippen LogP contribution in [0.15, 0.2) is 0 Å². The Morgan fingerprint density at radius 3 is 1.77 bits per heavy atom. The predicted molar refractivity (Wildman–Crippen MR) is 96.3 cm³/mol. The summed E-state index contributed by atoms with van der Waals surface area (Å²) >= 11 is 0. The van der Waals surface area contributed by atoms with Crippen LogP contribution in [-0.2, 0) is 19.1 Å². The highest BCUT2D eigenvalue weighted by Gasteiger charge is 2.42. The summed E-state index contributed by atoms with van der Waals surface area (Å²) in [6.45, 7) is 4.27. The molecule has 4 rings (SSSR count). The molecule has 1 saturated carbocycles. The molecule has 6 nitrogen and oxygen atoms in total. The minimum absolute atomic E-state index is 0.0740. The molecule has 146 valence electrons. The van der Waals surface area contributed by atoms with Gasteiger partial charge in [0.25, 0.3) is 0 Å². The molecule has 0 aromatic rings. The molecule has 0 atom stereocenters. The second kappa shape index (κ2) is 7.85. The number of nitrogens with zero attached hydrogens (tertiary/aromatic N) is 2. The van der Waals surface area contributed by atoms with E-state index in [2.05, 4.69) is 0 Å². The Kier molecular flexibility index (Phi) is 5.50. The molecule has 6 heteroatoms. The van der Waals surface area contributed by atoms with Crippen molar-refractivity contribution in [1.82, 2.24) is 9.80 Å². The van der Waals surface area contributed by atoms with Crippen molar-refractivity contribution >= 4 is 11.8 Å². The second-order valence-electron chi connectivity index (χ2n) is 8.37. The third-order valence-corrected chi connectivity index (χ3v) is 6.76. The number of rotatable bonds is 2. The second-order valence-corrected chi connectivity index (χ2v) is 8.37. The van der Waals surface area contributed by atoms with Gasteiger partial charge in [0, 0.05) is 50.9 Å². The summed E-state index contributed by atoms with van der Waals surface area (Å²) < 4.78 is 11.5. The summed E-state index contributed by atoms with van der Waals surface area (Å²) in [5, 5.41) is 0. The van der Waals surface area contributed by atoms with E-state index in [1.807, 2.05) is 9.80 Å². The van der Waals surface area contributed by atoms with Crippen molar-refractivity contribution in [2.75, 3.05) is 39.4 Å². The van der Waals surface area contributed by atoms with Crippen molar-refractivity contribution in [2.24, 2.45) is 11.8 Å². The van der Waals surface area contributed by atoms with Crippen LogP contribution in [0.4, 0.5) is 0 Å². The number of likely N-dealkylation sites (tertiary alicyclic amines) is 2. The van der Waals surface area contributed by atoms with Gasteiger partial charge in [-0.2, -0.15) is 0 Å². The van der Waals surface area contributed by atoms with Crippen LogP contribution in [0.25, 0.3) is 0 Å². The number of ether oxygens (including phenoxy) is 2. The van der Waals surface area contributed by atoms with Crippen molar-refractivity contribution < 1.29 is 19.1 Å². The zero-order valence-electron chi connectivity index (χ0n) is 15.8. The third kappa shape index (κ3) is 3.77. The van der Waals surface area contributed by atoms with E-state index in [1.165, 1.54) is 19.3 Å². The van der Waals surface area contributed by atoms with E-state index in [4.69, 9.17) is 9.47 Å². The van der Waals surface area contributed by atoms with Crippen molar-refractivity contribution in [2.45, 2.75) is 63.6 Å². The molecule has 1 spiro atoms. The number of carbonyl (C=O) groups is 2. The normalized spacial score (nSPS) is 27.8. The standard InChI is InChI=1S/C20H32N2O4/c23-18(16-4-2-1-3-5-16)21-10-6-17(7-11-21)19(24)22-12-8-20(9-13-22)25-14-15-26-20/h16-17H,1-15H2. The Balaban J connectivity index is 1.24. The summed E-state index contributed by atoms with van der Waals surface area (Å²) in [6, 6.07) is 0. The predicted octanol–water partition coefficient (Wildman–Crippen LogP) is 2.17. The Morgan fingerprint density at radius 2 is 1.19 bits per heavy atom. The van der Waals surface area contributed by atoms with Gasteiger partial charge in [-0.05, 0) is 25.7 Å². The first-order valence-corrected chi connectivity index (χ1v) is 10.5. The van der Waals surface area contributed by atoms with Crippen LogP contribution in [0, 0.1) is 11.8 Å². The average molecular weight is 364 g/mol. The third-order valence-electron chi connectivity index (χ3n) is 6.76. The molecule has 0 aromatic carbocycles. The van der Waals surface area contributed by atoms with E-state index in [0.717, 1.165) is 64.7 Å². The Bertz CT molecular complexity index is 508. The molecular weight excluding hydrogens is 332 g/mol.